The van der Waals surface area contributed by atoms with Gasteiger partial charge in [0.15, 0.2) is 0 Å². The normalized spacial score (nSPS) is 20.0. The molecular formula is C23H26ClNO2. The van der Waals surface area contributed by atoms with E-state index in [1.165, 1.54) is 0 Å². The van der Waals surface area contributed by atoms with Gasteiger partial charge in [-0.3, -0.25) is 9.59 Å². The van der Waals surface area contributed by atoms with E-state index in [9.17, 15) is 9.59 Å². The first-order valence-corrected chi connectivity index (χ1v) is 9.89. The van der Waals surface area contributed by atoms with Crippen molar-refractivity contribution in [2.45, 2.75) is 46.1 Å². The lowest BCUT2D eigenvalue weighted by molar-refractivity contribution is -0.116. The highest BCUT2D eigenvalue weighted by atomic mass is 35.5. The molecule has 4 heteroatoms. The van der Waals surface area contributed by atoms with Crippen LogP contribution in [-0.4, -0.2) is 17.2 Å². The van der Waals surface area contributed by atoms with Crippen molar-refractivity contribution in [3.05, 3.63) is 59.7 Å². The molecule has 27 heavy (non-hydrogen) atoms. The van der Waals surface area contributed by atoms with Crippen LogP contribution in [0.15, 0.2) is 48.6 Å². The van der Waals surface area contributed by atoms with E-state index < -0.39 is 5.24 Å². The van der Waals surface area contributed by atoms with Crippen LogP contribution < -0.4 is 4.90 Å². The van der Waals surface area contributed by atoms with E-state index in [4.69, 9.17) is 11.6 Å². The van der Waals surface area contributed by atoms with Crippen molar-refractivity contribution in [1.82, 2.24) is 0 Å². The largest absolute Gasteiger partial charge is 0.305 e. The Morgan fingerprint density at radius 2 is 2.00 bits per heavy atom. The smallest absolute Gasteiger partial charge is 0.254 e. The number of rotatable bonds is 6. The van der Waals surface area contributed by atoms with Crippen LogP contribution in [0.25, 0.3) is 5.57 Å². The summed E-state index contributed by atoms with van der Waals surface area (Å²) >= 11 is 5.83. The average Bonchev–Trinajstić information content (AvgIpc) is 3.46. The van der Waals surface area contributed by atoms with Gasteiger partial charge < -0.3 is 4.90 Å². The number of amides is 1. The Labute approximate surface area is 166 Å². The molecule has 0 bridgehead atoms. The monoisotopic (exact) mass is 383 g/mol. The number of nitrogens with zero attached hydrogens (tertiary/aromatic N) is 1. The average molecular weight is 384 g/mol. The third-order valence-electron chi connectivity index (χ3n) is 5.55. The second-order valence-corrected chi connectivity index (χ2v) is 8.04. The van der Waals surface area contributed by atoms with Gasteiger partial charge in [-0.1, -0.05) is 37.8 Å². The lowest BCUT2D eigenvalue weighted by Crippen LogP contribution is -2.42. The van der Waals surface area contributed by atoms with E-state index in [1.807, 2.05) is 30.0 Å². The highest BCUT2D eigenvalue weighted by Gasteiger charge is 2.38. The molecule has 1 fully saturated rings. The summed E-state index contributed by atoms with van der Waals surface area (Å²) < 4.78 is 0. The van der Waals surface area contributed by atoms with Crippen LogP contribution in [0.5, 0.6) is 0 Å². The van der Waals surface area contributed by atoms with E-state index in [-0.39, 0.29) is 17.9 Å². The Bertz CT molecular complexity index is 848. The van der Waals surface area contributed by atoms with Crippen molar-refractivity contribution in [3.63, 3.8) is 0 Å². The molecule has 0 spiro atoms. The highest BCUT2D eigenvalue weighted by molar-refractivity contribution is 6.68. The quantitative estimate of drug-likeness (QED) is 0.586. The summed E-state index contributed by atoms with van der Waals surface area (Å²) in [5.41, 5.74) is 3.31. The molecule has 0 aromatic heterocycles. The van der Waals surface area contributed by atoms with Gasteiger partial charge in [0.05, 0.1) is 5.69 Å². The molecule has 2 unspecified atom stereocenters. The van der Waals surface area contributed by atoms with Crippen molar-refractivity contribution < 1.29 is 9.59 Å². The summed E-state index contributed by atoms with van der Waals surface area (Å²) in [5.74, 6) is 0.660. The highest BCUT2D eigenvalue weighted by Crippen LogP contribution is 2.41. The Kier molecular flexibility index (Phi) is 5.71. The van der Waals surface area contributed by atoms with Crippen LogP contribution in [0.3, 0.4) is 0 Å². The molecule has 0 N–H and O–H groups in total. The van der Waals surface area contributed by atoms with Gasteiger partial charge in [0.2, 0.25) is 0 Å². The van der Waals surface area contributed by atoms with Gasteiger partial charge in [-0.2, -0.15) is 0 Å². The zero-order chi connectivity index (χ0) is 19.7. The van der Waals surface area contributed by atoms with E-state index in [0.717, 1.165) is 36.1 Å². The van der Waals surface area contributed by atoms with Crippen molar-refractivity contribution in [2.24, 2.45) is 11.8 Å². The van der Waals surface area contributed by atoms with Crippen molar-refractivity contribution in [2.75, 3.05) is 4.90 Å². The second kappa shape index (κ2) is 7.85. The number of allylic oxidation sites excluding steroid dienone is 4. The van der Waals surface area contributed by atoms with Crippen LogP contribution in [0.2, 0.25) is 0 Å². The summed E-state index contributed by atoms with van der Waals surface area (Å²) in [6, 6.07) is 5.43. The topological polar surface area (TPSA) is 37.4 Å². The summed E-state index contributed by atoms with van der Waals surface area (Å²) in [6.07, 6.45) is 9.05. The minimum Gasteiger partial charge on any atom is -0.305 e. The number of anilines is 1. The van der Waals surface area contributed by atoms with Crippen molar-refractivity contribution in [1.29, 1.82) is 0 Å². The first-order chi connectivity index (χ1) is 12.8. The number of carbonyl (C=O) groups excluding carboxylic acids is 2. The first kappa shape index (κ1) is 19.6. The van der Waals surface area contributed by atoms with Gasteiger partial charge in [0.25, 0.3) is 11.1 Å². The Hall–Kier alpha value is -2.13. The lowest BCUT2D eigenvalue weighted by Gasteiger charge is -2.34. The van der Waals surface area contributed by atoms with E-state index in [0.29, 0.717) is 17.0 Å². The molecule has 0 heterocycles. The van der Waals surface area contributed by atoms with Crippen LogP contribution in [0.4, 0.5) is 5.69 Å². The molecule has 0 saturated heterocycles. The Morgan fingerprint density at radius 1 is 1.30 bits per heavy atom. The van der Waals surface area contributed by atoms with Crippen LogP contribution >= 0.6 is 11.6 Å². The molecule has 0 aliphatic heterocycles. The number of benzene rings is 1. The molecular weight excluding hydrogens is 358 g/mol. The molecule has 1 aromatic carbocycles. The van der Waals surface area contributed by atoms with Crippen molar-refractivity contribution >= 4 is 34.0 Å². The van der Waals surface area contributed by atoms with Gasteiger partial charge in [0, 0.05) is 22.7 Å². The molecule has 3 nitrogen and oxygen atoms in total. The summed E-state index contributed by atoms with van der Waals surface area (Å²) in [4.78, 5) is 27.5. The van der Waals surface area contributed by atoms with Gasteiger partial charge >= 0.3 is 0 Å². The van der Waals surface area contributed by atoms with Gasteiger partial charge in [0.1, 0.15) is 0 Å². The minimum atomic E-state index is -0.533. The van der Waals surface area contributed by atoms with Gasteiger partial charge in [-0.15, -0.1) is 0 Å². The predicted molar refractivity (Wildman–Crippen MR) is 112 cm³/mol. The molecule has 1 amide bonds. The van der Waals surface area contributed by atoms with Crippen LogP contribution in [0, 0.1) is 11.8 Å². The molecule has 142 valence electrons. The molecule has 2 aliphatic rings. The number of hydrogen-bond donors (Lipinski definition) is 0. The molecule has 0 radical (unpaired) electrons. The molecule has 2 atom stereocenters. The molecule has 1 aromatic rings. The zero-order valence-corrected chi connectivity index (χ0v) is 16.9. The maximum atomic E-state index is 13.6. The summed E-state index contributed by atoms with van der Waals surface area (Å²) in [6.45, 7) is 10.1. The Balaban J connectivity index is 2.15. The molecule has 2 aliphatic carbocycles. The summed E-state index contributed by atoms with van der Waals surface area (Å²) in [5, 5.41) is -0.533. The van der Waals surface area contributed by atoms with E-state index >= 15 is 0 Å². The fraction of sp³-hybridized carbons (Fsp3) is 0.391. The maximum Gasteiger partial charge on any atom is 0.254 e. The fourth-order valence-corrected chi connectivity index (χ4v) is 3.98. The fourth-order valence-electron chi connectivity index (χ4n) is 3.82. The number of carbonyl (C=O) groups is 2. The maximum absolute atomic E-state index is 13.6. The van der Waals surface area contributed by atoms with Crippen LogP contribution in [0.1, 0.15) is 56.0 Å². The van der Waals surface area contributed by atoms with E-state index in [1.54, 1.807) is 12.1 Å². The third-order valence-corrected chi connectivity index (χ3v) is 5.75. The minimum absolute atomic E-state index is 0.00733. The molecule has 1 saturated carbocycles. The second-order valence-electron chi connectivity index (χ2n) is 7.69. The molecule has 3 rings (SSSR count). The predicted octanol–water partition coefficient (Wildman–Crippen LogP) is 5.75. The standard InChI is InChI=1S/C23H26ClNO2/c1-14(2)21-19(22(24)26)10-7-11-20(21)25(16(4)17-12-13-17)23(27)18-9-6-5-8-15(18)3/h5-7,9-11,15-17H,1,8,12-13H2,2-4H3. The summed E-state index contributed by atoms with van der Waals surface area (Å²) in [7, 11) is 0. The third kappa shape index (κ3) is 3.93. The van der Waals surface area contributed by atoms with Gasteiger partial charge in [-0.25, -0.2) is 0 Å². The SMILES string of the molecule is C=C(C)c1c(C(=O)Cl)cccc1N(C(=O)C1=CC=CCC1C)C(C)C1CC1. The zero-order valence-electron chi connectivity index (χ0n) is 16.2. The first-order valence-electron chi connectivity index (χ1n) is 9.52. The van der Waals surface area contributed by atoms with Crippen LogP contribution in [-0.2, 0) is 4.79 Å². The van der Waals surface area contributed by atoms with Gasteiger partial charge in [-0.05, 0) is 74.3 Å². The number of halogens is 1. The number of hydrogen-bond acceptors (Lipinski definition) is 2. The Morgan fingerprint density at radius 3 is 2.56 bits per heavy atom. The lowest BCUT2D eigenvalue weighted by atomic mass is 9.90. The van der Waals surface area contributed by atoms with Crippen molar-refractivity contribution in [3.8, 4) is 0 Å². The van der Waals surface area contributed by atoms with E-state index in [2.05, 4.69) is 26.5 Å².